The van der Waals surface area contributed by atoms with Crippen LogP contribution in [0.2, 0.25) is 0 Å². The lowest BCUT2D eigenvalue weighted by Gasteiger charge is -2.23. The molecule has 2 aromatic rings. The van der Waals surface area contributed by atoms with Crippen molar-refractivity contribution in [3.05, 3.63) is 59.4 Å². The van der Waals surface area contributed by atoms with E-state index in [0.29, 0.717) is 17.8 Å². The van der Waals surface area contributed by atoms with E-state index >= 15 is 0 Å². The molecule has 0 heterocycles. The number of amides is 1. The molecule has 3 nitrogen and oxygen atoms in total. The van der Waals surface area contributed by atoms with Gasteiger partial charge in [0, 0.05) is 12.6 Å². The van der Waals surface area contributed by atoms with Gasteiger partial charge in [0.25, 0.3) is 0 Å². The summed E-state index contributed by atoms with van der Waals surface area (Å²) in [5.74, 6) is -0.360. The van der Waals surface area contributed by atoms with Crippen molar-refractivity contribution in [1.29, 1.82) is 0 Å². The zero-order chi connectivity index (χ0) is 15.4. The average molecular weight is 287 g/mol. The molecule has 0 aliphatic carbocycles. The van der Waals surface area contributed by atoms with Gasteiger partial charge in [0.1, 0.15) is 11.6 Å². The summed E-state index contributed by atoms with van der Waals surface area (Å²) < 4.78 is 13.2. The summed E-state index contributed by atoms with van der Waals surface area (Å²) >= 11 is 0. The lowest BCUT2D eigenvalue weighted by Crippen LogP contribution is -2.32. The van der Waals surface area contributed by atoms with Crippen molar-refractivity contribution in [1.82, 2.24) is 0 Å². The summed E-state index contributed by atoms with van der Waals surface area (Å²) in [5.41, 5.74) is 2.22. The van der Waals surface area contributed by atoms with Gasteiger partial charge in [-0.25, -0.2) is 4.39 Å². The fourth-order valence-electron chi connectivity index (χ4n) is 2.29. The molecule has 0 radical (unpaired) electrons. The van der Waals surface area contributed by atoms with E-state index in [0.717, 1.165) is 5.56 Å². The fraction of sp³-hybridized carbons (Fsp3) is 0.235. The van der Waals surface area contributed by atoms with Crippen LogP contribution in [0.1, 0.15) is 18.1 Å². The molecule has 0 saturated carbocycles. The van der Waals surface area contributed by atoms with Crippen LogP contribution in [0.15, 0.2) is 42.5 Å². The monoisotopic (exact) mass is 287 g/mol. The first kappa shape index (κ1) is 15.0. The second-order valence-electron chi connectivity index (χ2n) is 4.92. The number of nitrogens with zero attached hydrogens (tertiary/aromatic N) is 1. The highest BCUT2D eigenvalue weighted by Gasteiger charge is 2.17. The number of halogens is 1. The van der Waals surface area contributed by atoms with Crippen molar-refractivity contribution >= 4 is 11.6 Å². The zero-order valence-electron chi connectivity index (χ0n) is 12.1. The molecule has 0 atom stereocenters. The van der Waals surface area contributed by atoms with E-state index in [1.54, 1.807) is 35.2 Å². The Balaban J connectivity index is 2.24. The molecule has 0 fully saturated rings. The first-order valence-electron chi connectivity index (χ1n) is 6.85. The number of hydrogen-bond donors (Lipinski definition) is 1. The third-order valence-electron chi connectivity index (χ3n) is 3.35. The topological polar surface area (TPSA) is 40.5 Å². The second kappa shape index (κ2) is 6.39. The summed E-state index contributed by atoms with van der Waals surface area (Å²) in [6.45, 7) is 4.23. The molecule has 2 aromatic carbocycles. The molecule has 0 spiro atoms. The van der Waals surface area contributed by atoms with Gasteiger partial charge >= 0.3 is 0 Å². The van der Waals surface area contributed by atoms with Crippen LogP contribution < -0.4 is 4.90 Å². The standard InChI is InChI=1S/C17H18FNO2/c1-3-19(16-11-15(20)8-7-12(16)2)17(21)10-13-5-4-6-14(18)9-13/h4-9,11,20H,3,10H2,1-2H3. The largest absolute Gasteiger partial charge is 0.508 e. The van der Waals surface area contributed by atoms with Gasteiger partial charge < -0.3 is 10.0 Å². The Morgan fingerprint density at radius 3 is 2.67 bits per heavy atom. The van der Waals surface area contributed by atoms with E-state index in [-0.39, 0.29) is 23.9 Å². The molecule has 0 bridgehead atoms. The van der Waals surface area contributed by atoms with E-state index < -0.39 is 0 Å². The van der Waals surface area contributed by atoms with Gasteiger partial charge in [-0.05, 0) is 43.2 Å². The van der Waals surface area contributed by atoms with E-state index in [9.17, 15) is 14.3 Å². The zero-order valence-corrected chi connectivity index (χ0v) is 12.1. The summed E-state index contributed by atoms with van der Waals surface area (Å²) in [4.78, 5) is 14.0. The minimum absolute atomic E-state index is 0.118. The third kappa shape index (κ3) is 3.60. The van der Waals surface area contributed by atoms with Crippen molar-refractivity contribution in [3.8, 4) is 5.75 Å². The lowest BCUT2D eigenvalue weighted by atomic mass is 10.1. The smallest absolute Gasteiger partial charge is 0.231 e. The molecule has 0 unspecified atom stereocenters. The number of likely N-dealkylation sites (N-methyl/N-ethyl adjacent to an activating group) is 1. The molecule has 2 rings (SSSR count). The summed E-state index contributed by atoms with van der Waals surface area (Å²) in [7, 11) is 0. The SMILES string of the molecule is CCN(C(=O)Cc1cccc(F)c1)c1cc(O)ccc1C. The van der Waals surface area contributed by atoms with Gasteiger partial charge in [-0.1, -0.05) is 18.2 Å². The highest BCUT2D eigenvalue weighted by molar-refractivity contribution is 5.95. The molecule has 0 aliphatic heterocycles. The molecular weight excluding hydrogens is 269 g/mol. The van der Waals surface area contributed by atoms with Crippen LogP contribution in [0.5, 0.6) is 5.75 Å². The number of anilines is 1. The second-order valence-corrected chi connectivity index (χ2v) is 4.92. The predicted molar refractivity (Wildman–Crippen MR) is 81.0 cm³/mol. The van der Waals surface area contributed by atoms with Gasteiger partial charge in [0.2, 0.25) is 5.91 Å². The highest BCUT2D eigenvalue weighted by atomic mass is 19.1. The van der Waals surface area contributed by atoms with E-state index in [4.69, 9.17) is 0 Å². The molecule has 4 heteroatoms. The molecule has 0 aliphatic rings. The molecule has 1 N–H and O–H groups in total. The maximum Gasteiger partial charge on any atom is 0.231 e. The molecule has 1 amide bonds. The van der Waals surface area contributed by atoms with Crippen LogP contribution in [-0.2, 0) is 11.2 Å². The summed E-state index contributed by atoms with van der Waals surface area (Å²) in [6, 6.07) is 11.0. The Morgan fingerprint density at radius 2 is 2.00 bits per heavy atom. The van der Waals surface area contributed by atoms with Crippen LogP contribution >= 0.6 is 0 Å². The Morgan fingerprint density at radius 1 is 1.24 bits per heavy atom. The number of aryl methyl sites for hydroxylation is 1. The van der Waals surface area contributed by atoms with Gasteiger partial charge in [-0.3, -0.25) is 4.79 Å². The van der Waals surface area contributed by atoms with Gasteiger partial charge in [-0.15, -0.1) is 0 Å². The first-order valence-corrected chi connectivity index (χ1v) is 6.85. The van der Waals surface area contributed by atoms with Crippen molar-refractivity contribution in [2.75, 3.05) is 11.4 Å². The van der Waals surface area contributed by atoms with E-state index in [2.05, 4.69) is 0 Å². The van der Waals surface area contributed by atoms with Crippen molar-refractivity contribution in [3.63, 3.8) is 0 Å². The molecule has 110 valence electrons. The Kier molecular flexibility index (Phi) is 4.58. The van der Waals surface area contributed by atoms with Crippen LogP contribution in [0, 0.1) is 12.7 Å². The molecule has 21 heavy (non-hydrogen) atoms. The van der Waals surface area contributed by atoms with Crippen molar-refractivity contribution in [2.24, 2.45) is 0 Å². The van der Waals surface area contributed by atoms with Crippen molar-refractivity contribution in [2.45, 2.75) is 20.3 Å². The number of phenols is 1. The van der Waals surface area contributed by atoms with Crippen LogP contribution in [0.4, 0.5) is 10.1 Å². The quantitative estimate of drug-likeness (QED) is 0.936. The first-order chi connectivity index (χ1) is 10.0. The summed E-state index contributed by atoms with van der Waals surface area (Å²) in [6.07, 6.45) is 0.126. The molecule has 0 aromatic heterocycles. The van der Waals surface area contributed by atoms with Crippen LogP contribution in [0.3, 0.4) is 0 Å². The van der Waals surface area contributed by atoms with Crippen molar-refractivity contribution < 1.29 is 14.3 Å². The van der Waals surface area contributed by atoms with Crippen LogP contribution in [0.25, 0.3) is 0 Å². The number of benzene rings is 2. The Labute approximate surface area is 123 Å². The van der Waals surface area contributed by atoms with Crippen LogP contribution in [-0.4, -0.2) is 17.6 Å². The van der Waals surface area contributed by atoms with E-state index in [1.807, 2.05) is 13.8 Å². The number of hydrogen-bond acceptors (Lipinski definition) is 2. The Bertz CT molecular complexity index is 655. The van der Waals surface area contributed by atoms with Gasteiger partial charge in [0.05, 0.1) is 12.1 Å². The number of carbonyl (C=O) groups is 1. The minimum atomic E-state index is -0.350. The minimum Gasteiger partial charge on any atom is -0.508 e. The maximum atomic E-state index is 13.2. The number of carbonyl (C=O) groups excluding carboxylic acids is 1. The Hall–Kier alpha value is -2.36. The normalized spacial score (nSPS) is 10.4. The molecule has 0 saturated heterocycles. The predicted octanol–water partition coefficient (Wildman–Crippen LogP) is 3.44. The average Bonchev–Trinajstić information content (AvgIpc) is 2.43. The van der Waals surface area contributed by atoms with Gasteiger partial charge in [0.15, 0.2) is 0 Å². The fourth-order valence-corrected chi connectivity index (χ4v) is 2.29. The summed E-state index contributed by atoms with van der Waals surface area (Å²) in [5, 5.41) is 9.60. The number of phenolic OH excluding ortho intramolecular Hbond substituents is 1. The third-order valence-corrected chi connectivity index (χ3v) is 3.35. The highest BCUT2D eigenvalue weighted by Crippen LogP contribution is 2.25. The van der Waals surface area contributed by atoms with E-state index in [1.165, 1.54) is 12.1 Å². The molecular formula is C17H18FNO2. The lowest BCUT2D eigenvalue weighted by molar-refractivity contribution is -0.117. The van der Waals surface area contributed by atoms with Gasteiger partial charge in [-0.2, -0.15) is 0 Å². The maximum absolute atomic E-state index is 13.2. The number of rotatable bonds is 4. The number of aromatic hydroxyl groups is 1.